The summed E-state index contributed by atoms with van der Waals surface area (Å²) in [7, 11) is 0. The van der Waals surface area contributed by atoms with Crippen LogP contribution in [0.1, 0.15) is 57.3 Å². The summed E-state index contributed by atoms with van der Waals surface area (Å²) in [5.74, 6) is 0.197. The average Bonchev–Trinajstić information content (AvgIpc) is 3.28. The van der Waals surface area contributed by atoms with Gasteiger partial charge < -0.3 is 20.1 Å². The van der Waals surface area contributed by atoms with Gasteiger partial charge in [0.15, 0.2) is 5.82 Å². The van der Waals surface area contributed by atoms with E-state index in [9.17, 15) is 9.59 Å². The van der Waals surface area contributed by atoms with Gasteiger partial charge in [-0.25, -0.2) is 4.79 Å². The molecule has 3 amide bonds. The van der Waals surface area contributed by atoms with Crippen molar-refractivity contribution >= 4 is 11.9 Å². The quantitative estimate of drug-likeness (QED) is 0.870. The Balaban J connectivity index is 1.50. The highest BCUT2D eigenvalue weighted by Gasteiger charge is 2.30. The van der Waals surface area contributed by atoms with Gasteiger partial charge in [0.05, 0.1) is 12.0 Å². The number of piperidine rings is 1. The van der Waals surface area contributed by atoms with Gasteiger partial charge in [-0.2, -0.15) is 4.98 Å². The van der Waals surface area contributed by atoms with E-state index in [1.807, 2.05) is 6.92 Å². The molecule has 0 aromatic carbocycles. The van der Waals surface area contributed by atoms with Crippen molar-refractivity contribution in [2.75, 3.05) is 13.1 Å². The number of urea groups is 1. The fourth-order valence-electron chi connectivity index (χ4n) is 3.48. The maximum Gasteiger partial charge on any atom is 0.317 e. The molecule has 132 valence electrons. The van der Waals surface area contributed by atoms with Gasteiger partial charge in [0.2, 0.25) is 12.3 Å². The molecular weight excluding hydrogens is 310 g/mol. The van der Waals surface area contributed by atoms with Crippen LogP contribution in [0.25, 0.3) is 0 Å². The maximum absolute atomic E-state index is 12.5. The normalized spacial score (nSPS) is 23.0. The molecule has 0 unspecified atom stereocenters. The lowest BCUT2D eigenvalue weighted by molar-refractivity contribution is -0.127. The molecule has 1 aromatic heterocycles. The Labute approximate surface area is 141 Å². The molecule has 3 rings (SSSR count). The Morgan fingerprint density at radius 2 is 2.08 bits per heavy atom. The molecule has 2 fully saturated rings. The van der Waals surface area contributed by atoms with Crippen molar-refractivity contribution in [2.45, 2.75) is 57.5 Å². The fraction of sp³-hybridized carbons (Fsp3) is 0.750. The predicted molar refractivity (Wildman–Crippen MR) is 85.9 cm³/mol. The van der Waals surface area contributed by atoms with Crippen molar-refractivity contribution in [3.63, 3.8) is 0 Å². The maximum atomic E-state index is 12.5. The first-order valence-corrected chi connectivity index (χ1v) is 8.75. The van der Waals surface area contributed by atoms with Crippen molar-refractivity contribution in [2.24, 2.45) is 5.92 Å². The van der Waals surface area contributed by atoms with Crippen LogP contribution in [0.5, 0.6) is 0 Å². The van der Waals surface area contributed by atoms with Crippen molar-refractivity contribution in [1.82, 2.24) is 25.7 Å². The summed E-state index contributed by atoms with van der Waals surface area (Å²) in [5.41, 5.74) is 0. The number of rotatable bonds is 4. The summed E-state index contributed by atoms with van der Waals surface area (Å²) < 4.78 is 4.70. The minimum Gasteiger partial charge on any atom is -0.346 e. The summed E-state index contributed by atoms with van der Waals surface area (Å²) in [6, 6.07) is -0.0467. The molecule has 1 aromatic rings. The first-order chi connectivity index (χ1) is 11.6. The molecule has 2 heterocycles. The zero-order chi connectivity index (χ0) is 16.9. The number of nitrogens with zero attached hydrogens (tertiary/aromatic N) is 3. The average molecular weight is 335 g/mol. The lowest BCUT2D eigenvalue weighted by atomic mass is 9.97. The van der Waals surface area contributed by atoms with Crippen molar-refractivity contribution in [1.29, 1.82) is 0 Å². The second kappa shape index (κ2) is 7.63. The van der Waals surface area contributed by atoms with Gasteiger partial charge in [-0.15, -0.1) is 0 Å². The lowest BCUT2D eigenvalue weighted by Crippen LogP contribution is -2.50. The number of likely N-dealkylation sites (tertiary alicyclic amines) is 1. The van der Waals surface area contributed by atoms with Crippen LogP contribution in [0, 0.1) is 5.92 Å². The van der Waals surface area contributed by atoms with E-state index in [0.29, 0.717) is 25.0 Å². The monoisotopic (exact) mass is 335 g/mol. The van der Waals surface area contributed by atoms with Crippen LogP contribution in [0.15, 0.2) is 10.9 Å². The number of carbonyl (C=O) groups excluding carboxylic acids is 2. The van der Waals surface area contributed by atoms with Gasteiger partial charge in [-0.05, 0) is 32.6 Å². The Bertz CT molecular complexity index is 556. The van der Waals surface area contributed by atoms with E-state index in [-0.39, 0.29) is 23.9 Å². The Kier molecular flexibility index (Phi) is 5.32. The van der Waals surface area contributed by atoms with E-state index in [2.05, 4.69) is 20.8 Å². The molecule has 1 saturated carbocycles. The Hall–Kier alpha value is -2.12. The summed E-state index contributed by atoms with van der Waals surface area (Å²) in [6.45, 7) is 2.99. The highest BCUT2D eigenvalue weighted by atomic mass is 16.5. The van der Waals surface area contributed by atoms with Crippen molar-refractivity contribution in [3.05, 3.63) is 12.2 Å². The third-order valence-electron chi connectivity index (χ3n) is 4.89. The Morgan fingerprint density at radius 1 is 1.29 bits per heavy atom. The van der Waals surface area contributed by atoms with Crippen LogP contribution in [-0.4, -0.2) is 46.1 Å². The van der Waals surface area contributed by atoms with E-state index < -0.39 is 0 Å². The molecule has 0 bridgehead atoms. The van der Waals surface area contributed by atoms with Crippen LogP contribution < -0.4 is 10.6 Å². The highest BCUT2D eigenvalue weighted by molar-refractivity contribution is 5.81. The topological polar surface area (TPSA) is 100 Å². The van der Waals surface area contributed by atoms with E-state index in [1.165, 1.54) is 19.2 Å². The van der Waals surface area contributed by atoms with Crippen LogP contribution in [0.2, 0.25) is 0 Å². The number of nitrogens with one attached hydrogen (secondary N) is 2. The van der Waals surface area contributed by atoms with Gasteiger partial charge in [-0.3, -0.25) is 4.79 Å². The summed E-state index contributed by atoms with van der Waals surface area (Å²) in [4.78, 5) is 30.6. The first-order valence-electron chi connectivity index (χ1n) is 8.75. The number of aromatic nitrogens is 2. The van der Waals surface area contributed by atoms with Gasteiger partial charge in [0.25, 0.3) is 0 Å². The zero-order valence-corrected chi connectivity index (χ0v) is 14.0. The molecule has 1 saturated heterocycles. The molecule has 1 aliphatic carbocycles. The van der Waals surface area contributed by atoms with Gasteiger partial charge in [0, 0.05) is 19.1 Å². The van der Waals surface area contributed by atoms with E-state index in [1.54, 1.807) is 4.90 Å². The smallest absolute Gasteiger partial charge is 0.317 e. The molecule has 0 spiro atoms. The van der Waals surface area contributed by atoms with Crippen LogP contribution in [0.4, 0.5) is 4.79 Å². The minimum absolute atomic E-state index is 0.0365. The fourth-order valence-corrected chi connectivity index (χ4v) is 3.48. The zero-order valence-electron chi connectivity index (χ0n) is 14.0. The van der Waals surface area contributed by atoms with Gasteiger partial charge in [0.1, 0.15) is 0 Å². The highest BCUT2D eigenvalue weighted by Crippen LogP contribution is 2.21. The summed E-state index contributed by atoms with van der Waals surface area (Å²) in [6.07, 6.45) is 7.36. The second-order valence-corrected chi connectivity index (χ2v) is 6.74. The second-order valence-electron chi connectivity index (χ2n) is 6.74. The molecule has 2 aliphatic rings. The van der Waals surface area contributed by atoms with E-state index in [4.69, 9.17) is 4.52 Å². The third-order valence-corrected chi connectivity index (χ3v) is 4.89. The number of carbonyl (C=O) groups is 2. The van der Waals surface area contributed by atoms with Crippen LogP contribution in [0.3, 0.4) is 0 Å². The van der Waals surface area contributed by atoms with Gasteiger partial charge >= 0.3 is 6.03 Å². The standard InChI is InChI=1S/C16H25N5O3/c1-11(14-17-10-24-20-14)18-15(22)12-5-4-8-21(9-12)16(23)19-13-6-2-3-7-13/h10-13H,2-9H2,1H3,(H,18,22)(H,19,23)/t11-,12+/m0/s1. The molecular formula is C16H25N5O3. The molecule has 2 atom stereocenters. The Morgan fingerprint density at radius 3 is 2.79 bits per heavy atom. The summed E-state index contributed by atoms with van der Waals surface area (Å²) in [5, 5.41) is 9.74. The SMILES string of the molecule is C[C@H](NC(=O)[C@@H]1CCCN(C(=O)NC2CCCC2)C1)c1ncon1. The van der Waals surface area contributed by atoms with Crippen LogP contribution in [-0.2, 0) is 4.79 Å². The first kappa shape index (κ1) is 16.7. The number of hydrogen-bond donors (Lipinski definition) is 2. The predicted octanol–water partition coefficient (Wildman–Crippen LogP) is 1.61. The lowest BCUT2D eigenvalue weighted by Gasteiger charge is -2.33. The molecule has 1 aliphatic heterocycles. The van der Waals surface area contributed by atoms with Crippen molar-refractivity contribution in [3.8, 4) is 0 Å². The molecule has 0 radical (unpaired) electrons. The van der Waals surface area contributed by atoms with E-state index >= 15 is 0 Å². The minimum atomic E-state index is -0.307. The summed E-state index contributed by atoms with van der Waals surface area (Å²) >= 11 is 0. The number of amides is 3. The van der Waals surface area contributed by atoms with Crippen molar-refractivity contribution < 1.29 is 14.1 Å². The van der Waals surface area contributed by atoms with Gasteiger partial charge in [-0.1, -0.05) is 18.0 Å². The van der Waals surface area contributed by atoms with Crippen LogP contribution >= 0.6 is 0 Å². The molecule has 8 heteroatoms. The largest absolute Gasteiger partial charge is 0.346 e. The third kappa shape index (κ3) is 4.04. The molecule has 24 heavy (non-hydrogen) atoms. The van der Waals surface area contributed by atoms with E-state index in [0.717, 1.165) is 25.7 Å². The molecule has 2 N–H and O–H groups in total. The number of hydrogen-bond acceptors (Lipinski definition) is 5. The molecule has 8 nitrogen and oxygen atoms in total.